The third-order valence-corrected chi connectivity index (χ3v) is 6.79. The number of piperidine rings is 3. The summed E-state index contributed by atoms with van der Waals surface area (Å²) in [5.41, 5.74) is 0.840. The van der Waals surface area contributed by atoms with E-state index in [1.54, 1.807) is 11.3 Å². The van der Waals surface area contributed by atoms with Gasteiger partial charge in [0.2, 0.25) is 0 Å². The molecule has 0 radical (unpaired) electrons. The number of rotatable bonds is 2. The molecule has 130 valence electrons. The summed E-state index contributed by atoms with van der Waals surface area (Å²) < 4.78 is 1.20. The second-order valence-electron chi connectivity index (χ2n) is 7.54. The van der Waals surface area contributed by atoms with Crippen molar-refractivity contribution in [2.24, 2.45) is 5.92 Å². The molecular weight excluding hydrogens is 340 g/mol. The average molecular weight is 365 g/mol. The number of hydrogen-bond donors (Lipinski definition) is 1. The molecule has 1 N–H and O–H groups in total. The first kappa shape index (κ1) is 17.7. The van der Waals surface area contributed by atoms with Gasteiger partial charge < -0.3 is 5.32 Å². The first-order valence-electron chi connectivity index (χ1n) is 8.51. The number of thiophene rings is 1. The van der Waals surface area contributed by atoms with Crippen LogP contribution in [-0.2, 0) is 0 Å². The predicted molar refractivity (Wildman–Crippen MR) is 103 cm³/mol. The van der Waals surface area contributed by atoms with Crippen LogP contribution in [0.25, 0.3) is 10.1 Å². The van der Waals surface area contributed by atoms with E-state index in [9.17, 15) is 4.79 Å². The molecule has 0 spiro atoms. The largest absolute Gasteiger partial charge is 0.347 e. The van der Waals surface area contributed by atoms with E-state index in [0.29, 0.717) is 5.92 Å². The van der Waals surface area contributed by atoms with Gasteiger partial charge in [-0.3, -0.25) is 9.69 Å². The summed E-state index contributed by atoms with van der Waals surface area (Å²) in [4.78, 5) is 16.6. The van der Waals surface area contributed by atoms with Crippen LogP contribution in [0.2, 0.25) is 0 Å². The number of amides is 1. The number of carbonyl (C=O) groups excluding carboxylic acids is 1. The molecule has 5 rings (SSSR count). The Balaban J connectivity index is 0.00000169. The number of hydrogen-bond acceptors (Lipinski definition) is 3. The minimum Gasteiger partial charge on any atom is -0.347 e. The van der Waals surface area contributed by atoms with Gasteiger partial charge in [0.05, 0.1) is 0 Å². The molecule has 2 aromatic rings. The fraction of sp³-hybridized carbons (Fsp3) is 0.526. The van der Waals surface area contributed by atoms with Crippen molar-refractivity contribution in [3.8, 4) is 0 Å². The lowest BCUT2D eigenvalue weighted by Crippen LogP contribution is -2.69. The van der Waals surface area contributed by atoms with Crippen molar-refractivity contribution in [1.82, 2.24) is 10.2 Å². The van der Waals surface area contributed by atoms with E-state index in [-0.39, 0.29) is 29.9 Å². The number of aryl methyl sites for hydroxylation is 1. The molecule has 0 aliphatic carbocycles. The second kappa shape index (κ2) is 6.32. The van der Waals surface area contributed by atoms with Crippen molar-refractivity contribution in [2.45, 2.75) is 45.2 Å². The molecule has 3 saturated heterocycles. The van der Waals surface area contributed by atoms with Crippen LogP contribution in [0.3, 0.4) is 0 Å². The van der Waals surface area contributed by atoms with Gasteiger partial charge >= 0.3 is 0 Å². The highest BCUT2D eigenvalue weighted by Gasteiger charge is 2.48. The van der Waals surface area contributed by atoms with Gasteiger partial charge in [0.15, 0.2) is 0 Å². The molecule has 0 saturated carbocycles. The summed E-state index contributed by atoms with van der Waals surface area (Å²) in [5.74, 6) is 0.691. The van der Waals surface area contributed by atoms with E-state index in [2.05, 4.69) is 43.1 Å². The summed E-state index contributed by atoms with van der Waals surface area (Å²) in [6.07, 6.45) is 2.41. The molecule has 1 aromatic heterocycles. The molecule has 4 heterocycles. The zero-order valence-electron chi connectivity index (χ0n) is 14.5. The van der Waals surface area contributed by atoms with Crippen molar-refractivity contribution in [1.29, 1.82) is 0 Å². The van der Waals surface area contributed by atoms with Gasteiger partial charge in [0.1, 0.15) is 0 Å². The van der Waals surface area contributed by atoms with E-state index >= 15 is 0 Å². The quantitative estimate of drug-likeness (QED) is 0.864. The summed E-state index contributed by atoms with van der Waals surface area (Å²) in [6, 6.07) is 8.49. The Morgan fingerprint density at radius 1 is 1.25 bits per heavy atom. The SMILES string of the molecule is Cc1cc2ccc(C(=O)N[C@@H]3C4CCN(CC4)C3(C)C)cc2s1.Cl. The van der Waals surface area contributed by atoms with Crippen LogP contribution in [0.5, 0.6) is 0 Å². The number of nitrogens with zero attached hydrogens (tertiary/aromatic N) is 1. The van der Waals surface area contributed by atoms with Crippen LogP contribution in [0.1, 0.15) is 41.9 Å². The minimum atomic E-state index is 0. The van der Waals surface area contributed by atoms with Crippen molar-refractivity contribution < 1.29 is 4.79 Å². The monoisotopic (exact) mass is 364 g/mol. The van der Waals surface area contributed by atoms with Gasteiger partial charge in [-0.25, -0.2) is 0 Å². The summed E-state index contributed by atoms with van der Waals surface area (Å²) in [7, 11) is 0. The third-order valence-electron chi connectivity index (χ3n) is 5.78. The van der Waals surface area contributed by atoms with Gasteiger partial charge in [0, 0.05) is 26.7 Å². The Morgan fingerprint density at radius 3 is 2.62 bits per heavy atom. The molecular formula is C19H25ClN2OS. The number of halogens is 1. The van der Waals surface area contributed by atoms with Gasteiger partial charge in [-0.1, -0.05) is 6.07 Å². The summed E-state index contributed by atoms with van der Waals surface area (Å²) in [6.45, 7) is 9.00. The molecule has 1 amide bonds. The number of nitrogens with one attached hydrogen (secondary N) is 1. The summed E-state index contributed by atoms with van der Waals surface area (Å²) in [5, 5.41) is 4.58. The fourth-order valence-electron chi connectivity index (χ4n) is 4.41. The van der Waals surface area contributed by atoms with Crippen LogP contribution in [-0.4, -0.2) is 35.5 Å². The molecule has 24 heavy (non-hydrogen) atoms. The van der Waals surface area contributed by atoms with Crippen molar-refractivity contribution in [3.05, 3.63) is 34.7 Å². The number of carbonyl (C=O) groups is 1. The Bertz CT molecular complexity index is 762. The fourth-order valence-corrected chi connectivity index (χ4v) is 5.37. The molecule has 3 fully saturated rings. The normalized spacial score (nSPS) is 27.7. The van der Waals surface area contributed by atoms with Crippen LogP contribution in [0.4, 0.5) is 0 Å². The highest BCUT2D eigenvalue weighted by atomic mass is 35.5. The Labute approximate surface area is 153 Å². The lowest BCUT2D eigenvalue weighted by Gasteiger charge is -2.56. The Morgan fingerprint density at radius 2 is 1.96 bits per heavy atom. The first-order chi connectivity index (χ1) is 10.9. The van der Waals surface area contributed by atoms with E-state index in [4.69, 9.17) is 0 Å². The van der Waals surface area contributed by atoms with Gasteiger partial charge in [0.25, 0.3) is 5.91 Å². The maximum absolute atomic E-state index is 12.8. The number of benzene rings is 1. The summed E-state index contributed by atoms with van der Waals surface area (Å²) >= 11 is 1.75. The molecule has 5 heteroatoms. The maximum atomic E-state index is 12.8. The maximum Gasteiger partial charge on any atom is 0.251 e. The smallest absolute Gasteiger partial charge is 0.251 e. The molecule has 1 aromatic carbocycles. The molecule has 3 aliphatic heterocycles. The molecule has 0 unspecified atom stereocenters. The van der Waals surface area contributed by atoms with Crippen LogP contribution in [0.15, 0.2) is 24.3 Å². The predicted octanol–water partition coefficient (Wildman–Crippen LogP) is 4.23. The molecule has 1 atom stereocenters. The van der Waals surface area contributed by atoms with E-state index in [1.807, 2.05) is 12.1 Å². The zero-order valence-corrected chi connectivity index (χ0v) is 16.1. The third kappa shape index (κ3) is 2.85. The van der Waals surface area contributed by atoms with Gasteiger partial charge in [-0.05, 0) is 76.2 Å². The van der Waals surface area contributed by atoms with Crippen molar-refractivity contribution in [2.75, 3.05) is 13.1 Å². The van der Waals surface area contributed by atoms with Crippen molar-refractivity contribution >= 4 is 39.7 Å². The standard InChI is InChI=1S/C19H24N2OS.ClH/c1-12-10-14-4-5-15(11-16(14)23-12)18(22)20-17-13-6-8-21(9-7-13)19(17,2)3;/h4-5,10-11,13,17H,6-9H2,1-3H3,(H,20,22);1H/t17-;/m1./s1. The van der Waals surface area contributed by atoms with E-state index < -0.39 is 0 Å². The van der Waals surface area contributed by atoms with Crippen LogP contribution < -0.4 is 5.32 Å². The first-order valence-corrected chi connectivity index (χ1v) is 9.33. The van der Waals surface area contributed by atoms with Crippen LogP contribution >= 0.6 is 23.7 Å². The highest BCUT2D eigenvalue weighted by molar-refractivity contribution is 7.19. The van der Waals surface area contributed by atoms with Crippen LogP contribution in [0, 0.1) is 12.8 Å². The minimum absolute atomic E-state index is 0. The molecule has 3 aliphatic rings. The average Bonchev–Trinajstić information content (AvgIpc) is 2.90. The lowest BCUT2D eigenvalue weighted by atomic mass is 9.72. The molecule has 2 bridgehead atoms. The Kier molecular flexibility index (Phi) is 4.67. The highest BCUT2D eigenvalue weighted by Crippen LogP contribution is 2.39. The lowest BCUT2D eigenvalue weighted by molar-refractivity contribution is -0.0378. The topological polar surface area (TPSA) is 32.3 Å². The van der Waals surface area contributed by atoms with E-state index in [0.717, 1.165) is 5.56 Å². The zero-order chi connectivity index (χ0) is 16.2. The van der Waals surface area contributed by atoms with E-state index in [1.165, 1.54) is 40.9 Å². The number of fused-ring (bicyclic) bond motifs is 4. The van der Waals surface area contributed by atoms with Gasteiger partial charge in [-0.15, -0.1) is 23.7 Å². The second-order valence-corrected chi connectivity index (χ2v) is 8.83. The Hall–Kier alpha value is -1.10. The molecule has 3 nitrogen and oxygen atoms in total. The van der Waals surface area contributed by atoms with Crippen molar-refractivity contribution in [3.63, 3.8) is 0 Å². The van der Waals surface area contributed by atoms with Gasteiger partial charge in [-0.2, -0.15) is 0 Å².